The summed E-state index contributed by atoms with van der Waals surface area (Å²) in [5.74, 6) is 1.16. The number of aromatic amines is 1. The number of rotatable bonds is 7. The molecule has 5 rings (SSSR count). The lowest BCUT2D eigenvalue weighted by Gasteiger charge is -2.29. The first-order chi connectivity index (χ1) is 17.2. The smallest absolute Gasteiger partial charge is 0.228 e. The number of nitrogens with one attached hydrogen (secondary N) is 2. The molecule has 4 aromatic rings. The number of nitrogens with zero attached hydrogens (tertiary/aromatic N) is 2. The number of hydrogen-bond acceptors (Lipinski definition) is 6. The molecule has 1 aliphatic heterocycles. The summed E-state index contributed by atoms with van der Waals surface area (Å²) in [6.45, 7) is 8.02. The van der Waals surface area contributed by atoms with Gasteiger partial charge in [-0.3, -0.25) is 4.79 Å². The van der Waals surface area contributed by atoms with E-state index in [-0.39, 0.29) is 24.5 Å². The van der Waals surface area contributed by atoms with E-state index < -0.39 is 0 Å². The van der Waals surface area contributed by atoms with Crippen molar-refractivity contribution < 1.29 is 19.4 Å². The van der Waals surface area contributed by atoms with Crippen LogP contribution in [0.3, 0.4) is 0 Å². The number of anilines is 1. The van der Waals surface area contributed by atoms with Crippen molar-refractivity contribution >= 4 is 28.2 Å². The number of aromatic nitrogens is 2. The van der Waals surface area contributed by atoms with Gasteiger partial charge in [0, 0.05) is 29.4 Å². The van der Waals surface area contributed by atoms with Gasteiger partial charge in [-0.2, -0.15) is 0 Å². The monoisotopic (exact) mass is 468 g/mol. The molecule has 1 aliphatic rings. The van der Waals surface area contributed by atoms with Crippen molar-refractivity contribution in [1.82, 2.24) is 9.97 Å². The molecule has 2 atom stereocenters. The van der Waals surface area contributed by atoms with E-state index in [1.54, 1.807) is 30.5 Å². The lowest BCUT2D eigenvalue weighted by atomic mass is 10.0. The van der Waals surface area contributed by atoms with Crippen LogP contribution in [0.4, 0.5) is 11.4 Å². The van der Waals surface area contributed by atoms with Crippen LogP contribution < -0.4 is 10.1 Å². The first-order valence-corrected chi connectivity index (χ1v) is 11.4. The normalized spacial score (nSPS) is 17.6. The number of hydrogen-bond donors (Lipinski definition) is 3. The van der Waals surface area contributed by atoms with Gasteiger partial charge in [0.25, 0.3) is 0 Å². The molecule has 8 nitrogen and oxygen atoms in total. The highest BCUT2D eigenvalue weighted by molar-refractivity contribution is 6.19. The molecule has 1 saturated heterocycles. The quantitative estimate of drug-likeness (QED) is 0.258. The second-order valence-corrected chi connectivity index (χ2v) is 8.38. The lowest BCUT2D eigenvalue weighted by Crippen LogP contribution is -2.36. The fraction of sp³-hybridized carbons (Fsp3) is 0.222. The maximum absolute atomic E-state index is 13.5. The minimum Gasteiger partial charge on any atom is -0.457 e. The van der Waals surface area contributed by atoms with Gasteiger partial charge in [-0.05, 0) is 49.2 Å². The van der Waals surface area contributed by atoms with Gasteiger partial charge in [0.2, 0.25) is 5.69 Å². The van der Waals surface area contributed by atoms with E-state index in [2.05, 4.69) is 20.1 Å². The second kappa shape index (κ2) is 9.97. The van der Waals surface area contributed by atoms with E-state index in [9.17, 15) is 9.90 Å². The van der Waals surface area contributed by atoms with Gasteiger partial charge in [-0.25, -0.2) is 9.83 Å². The van der Waals surface area contributed by atoms with Crippen LogP contribution in [0.2, 0.25) is 0 Å². The van der Waals surface area contributed by atoms with Gasteiger partial charge in [0.05, 0.1) is 37.1 Å². The molecule has 0 spiro atoms. The summed E-state index contributed by atoms with van der Waals surface area (Å²) < 4.78 is 11.5. The molecule has 0 amide bonds. The Labute approximate surface area is 202 Å². The van der Waals surface area contributed by atoms with Crippen molar-refractivity contribution in [2.45, 2.75) is 25.0 Å². The SMILES string of the molecule is [C-]#[N+]c1cnc2[nH]cc(C(=O)c3ccc(Oc4ccccc4)cc3)c2c1N[C@@H]1CC[C@@H](CO)OC1. The largest absolute Gasteiger partial charge is 0.457 e. The molecular formula is C27H24N4O4. The molecule has 8 heteroatoms. The minimum atomic E-state index is -0.185. The first kappa shape index (κ1) is 22.6. The predicted octanol–water partition coefficient (Wildman–Crippen LogP) is 5.09. The van der Waals surface area contributed by atoms with Crippen molar-refractivity contribution in [3.8, 4) is 11.5 Å². The van der Waals surface area contributed by atoms with Gasteiger partial charge in [0.1, 0.15) is 17.1 Å². The Bertz CT molecular complexity index is 1370. The van der Waals surface area contributed by atoms with Crippen LogP contribution in [-0.4, -0.2) is 46.2 Å². The molecule has 1 fully saturated rings. The number of carbonyl (C=O) groups is 1. The van der Waals surface area contributed by atoms with Crippen molar-refractivity contribution in [3.05, 3.63) is 89.5 Å². The highest BCUT2D eigenvalue weighted by atomic mass is 16.5. The van der Waals surface area contributed by atoms with Crippen molar-refractivity contribution in [2.24, 2.45) is 0 Å². The van der Waals surface area contributed by atoms with E-state index in [0.717, 1.165) is 6.42 Å². The molecule has 0 unspecified atom stereocenters. The molecule has 0 saturated carbocycles. The van der Waals surface area contributed by atoms with E-state index in [0.29, 0.717) is 58.1 Å². The first-order valence-electron chi connectivity index (χ1n) is 11.4. The maximum atomic E-state index is 13.5. The van der Waals surface area contributed by atoms with Crippen LogP contribution in [0.5, 0.6) is 11.5 Å². The Balaban J connectivity index is 1.43. The lowest BCUT2D eigenvalue weighted by molar-refractivity contribution is -0.0223. The van der Waals surface area contributed by atoms with Crippen molar-refractivity contribution in [3.63, 3.8) is 0 Å². The number of carbonyl (C=O) groups excluding carboxylic acids is 1. The summed E-state index contributed by atoms with van der Waals surface area (Å²) in [5, 5.41) is 13.3. The standard InChI is InChI=1S/C27H24N4O4/c1-28-23-14-30-27-24(25(23)31-18-9-12-21(15-32)34-16-18)22(13-29-27)26(33)17-7-10-20(11-8-17)35-19-5-3-2-4-6-19/h2-8,10-11,13-14,18,21,32H,9,12,15-16H2,(H2,29,30,31)/t18-,21+/m1/s1. The summed E-state index contributed by atoms with van der Waals surface area (Å²) in [6.07, 6.45) is 4.46. The van der Waals surface area contributed by atoms with E-state index in [4.69, 9.17) is 16.0 Å². The third kappa shape index (κ3) is 4.73. The van der Waals surface area contributed by atoms with Crippen LogP contribution in [0.1, 0.15) is 28.8 Å². The fourth-order valence-electron chi connectivity index (χ4n) is 4.22. The zero-order valence-electron chi connectivity index (χ0n) is 18.9. The highest BCUT2D eigenvalue weighted by Crippen LogP contribution is 2.36. The van der Waals surface area contributed by atoms with Crippen LogP contribution in [0, 0.1) is 6.57 Å². The molecule has 3 heterocycles. The Morgan fingerprint density at radius 3 is 2.63 bits per heavy atom. The Morgan fingerprint density at radius 2 is 1.94 bits per heavy atom. The number of aliphatic hydroxyl groups is 1. The zero-order chi connectivity index (χ0) is 24.2. The molecular weight excluding hydrogens is 444 g/mol. The number of aliphatic hydroxyl groups excluding tert-OH is 1. The van der Waals surface area contributed by atoms with Crippen LogP contribution >= 0.6 is 0 Å². The highest BCUT2D eigenvalue weighted by Gasteiger charge is 2.25. The summed E-state index contributed by atoms with van der Waals surface area (Å²) in [6, 6.07) is 16.4. The van der Waals surface area contributed by atoms with Gasteiger partial charge in [-0.1, -0.05) is 18.2 Å². The Morgan fingerprint density at radius 1 is 1.17 bits per heavy atom. The number of H-pyrrole nitrogens is 1. The predicted molar refractivity (Wildman–Crippen MR) is 132 cm³/mol. The van der Waals surface area contributed by atoms with E-state index in [1.165, 1.54) is 6.20 Å². The summed E-state index contributed by atoms with van der Waals surface area (Å²) in [5.41, 5.74) is 2.36. The number of benzene rings is 2. The van der Waals surface area contributed by atoms with E-state index in [1.807, 2.05) is 30.3 Å². The summed E-state index contributed by atoms with van der Waals surface area (Å²) in [7, 11) is 0. The second-order valence-electron chi connectivity index (χ2n) is 8.38. The molecule has 176 valence electrons. The van der Waals surface area contributed by atoms with Gasteiger partial charge >= 0.3 is 0 Å². The Kier molecular flexibility index (Phi) is 6.44. The van der Waals surface area contributed by atoms with Gasteiger partial charge in [-0.15, -0.1) is 0 Å². The number of ketones is 1. The summed E-state index contributed by atoms with van der Waals surface area (Å²) >= 11 is 0. The minimum absolute atomic E-state index is 0.00877. The molecule has 3 N–H and O–H groups in total. The topological polar surface area (TPSA) is 101 Å². The zero-order valence-corrected chi connectivity index (χ0v) is 18.9. The van der Waals surface area contributed by atoms with Gasteiger partial charge < -0.3 is 24.9 Å². The molecule has 0 radical (unpaired) electrons. The molecule has 2 aromatic carbocycles. The van der Waals surface area contributed by atoms with Crippen molar-refractivity contribution in [1.29, 1.82) is 0 Å². The molecule has 0 aliphatic carbocycles. The van der Waals surface area contributed by atoms with Crippen molar-refractivity contribution in [2.75, 3.05) is 18.5 Å². The third-order valence-electron chi connectivity index (χ3n) is 6.06. The van der Waals surface area contributed by atoms with Gasteiger partial charge in [0.15, 0.2) is 5.78 Å². The molecule has 35 heavy (non-hydrogen) atoms. The maximum Gasteiger partial charge on any atom is 0.228 e. The molecule has 2 aromatic heterocycles. The number of para-hydroxylation sites is 1. The molecule has 0 bridgehead atoms. The van der Waals surface area contributed by atoms with E-state index >= 15 is 0 Å². The average molecular weight is 469 g/mol. The summed E-state index contributed by atoms with van der Waals surface area (Å²) in [4.78, 5) is 24.5. The number of fused-ring (bicyclic) bond motifs is 1. The third-order valence-corrected chi connectivity index (χ3v) is 6.06. The Hall–Kier alpha value is -4.19. The van der Waals surface area contributed by atoms with Crippen LogP contribution in [0.15, 0.2) is 67.0 Å². The van der Waals surface area contributed by atoms with Crippen LogP contribution in [0.25, 0.3) is 15.9 Å². The average Bonchev–Trinajstić information content (AvgIpc) is 3.34. The number of pyridine rings is 1. The number of ether oxygens (including phenoxy) is 2. The van der Waals surface area contributed by atoms with Crippen LogP contribution in [-0.2, 0) is 4.74 Å². The fourth-order valence-corrected chi connectivity index (χ4v) is 4.22.